The molecule has 1 unspecified atom stereocenters. The van der Waals surface area contributed by atoms with Gasteiger partial charge >= 0.3 is 0 Å². The van der Waals surface area contributed by atoms with Crippen LogP contribution in [-0.4, -0.2) is 16.1 Å². The number of ether oxygens (including phenoxy) is 1. The van der Waals surface area contributed by atoms with Gasteiger partial charge in [0.2, 0.25) is 0 Å². The summed E-state index contributed by atoms with van der Waals surface area (Å²) in [7, 11) is 0. The van der Waals surface area contributed by atoms with Crippen molar-refractivity contribution in [3.8, 4) is 5.75 Å². The first kappa shape index (κ1) is 13.9. The quantitative estimate of drug-likeness (QED) is 0.902. The summed E-state index contributed by atoms with van der Waals surface area (Å²) in [4.78, 5) is 8.43. The summed E-state index contributed by atoms with van der Waals surface area (Å²) in [6, 6.07) is 8.27. The zero-order chi connectivity index (χ0) is 14.5. The summed E-state index contributed by atoms with van der Waals surface area (Å²) >= 11 is 0. The first-order chi connectivity index (χ1) is 10.3. The van der Waals surface area contributed by atoms with Crippen molar-refractivity contribution in [3.05, 3.63) is 48.5 Å². The van der Waals surface area contributed by atoms with E-state index in [1.165, 1.54) is 25.7 Å². The van der Waals surface area contributed by atoms with E-state index in [-0.39, 0.29) is 6.04 Å². The zero-order valence-corrected chi connectivity index (χ0v) is 12.3. The third-order valence-corrected chi connectivity index (χ3v) is 3.85. The molecular weight excluding hydrogens is 262 g/mol. The third-order valence-electron chi connectivity index (χ3n) is 3.85. The van der Waals surface area contributed by atoms with Crippen molar-refractivity contribution >= 4 is 5.69 Å². The molecule has 0 spiro atoms. The van der Waals surface area contributed by atoms with E-state index in [1.807, 2.05) is 18.2 Å². The van der Waals surface area contributed by atoms with Crippen LogP contribution in [0.3, 0.4) is 0 Å². The monoisotopic (exact) mass is 283 g/mol. The molecule has 2 aromatic rings. The van der Waals surface area contributed by atoms with E-state index < -0.39 is 0 Å². The Hall–Kier alpha value is -2.10. The molecule has 1 atom stereocenters. The second-order valence-corrected chi connectivity index (χ2v) is 5.55. The Morgan fingerprint density at radius 1 is 1.24 bits per heavy atom. The van der Waals surface area contributed by atoms with Crippen molar-refractivity contribution in [3.63, 3.8) is 0 Å². The third kappa shape index (κ3) is 3.72. The maximum absolute atomic E-state index is 6.04. The lowest BCUT2D eigenvalue weighted by molar-refractivity contribution is 0.210. The molecule has 1 aromatic carbocycles. The average molecular weight is 283 g/mol. The maximum Gasteiger partial charge on any atom is 0.121 e. The van der Waals surface area contributed by atoms with Crippen molar-refractivity contribution in [2.45, 2.75) is 44.8 Å². The molecule has 1 N–H and O–H groups in total. The Morgan fingerprint density at radius 2 is 2.10 bits per heavy atom. The fourth-order valence-electron chi connectivity index (χ4n) is 2.72. The van der Waals surface area contributed by atoms with Crippen molar-refractivity contribution in [2.75, 3.05) is 5.32 Å². The largest absolute Gasteiger partial charge is 0.490 e. The Morgan fingerprint density at radius 3 is 2.86 bits per heavy atom. The van der Waals surface area contributed by atoms with Gasteiger partial charge in [-0.05, 0) is 44.7 Å². The maximum atomic E-state index is 6.04. The van der Waals surface area contributed by atoms with E-state index in [0.29, 0.717) is 6.10 Å². The first-order valence-corrected chi connectivity index (χ1v) is 7.60. The summed E-state index contributed by atoms with van der Waals surface area (Å²) in [5.74, 6) is 0.943. The van der Waals surface area contributed by atoms with Gasteiger partial charge in [-0.15, -0.1) is 0 Å². The lowest BCUT2D eigenvalue weighted by Crippen LogP contribution is -2.12. The van der Waals surface area contributed by atoms with Crippen molar-refractivity contribution in [2.24, 2.45) is 0 Å². The molecule has 0 aliphatic heterocycles. The van der Waals surface area contributed by atoms with E-state index in [9.17, 15) is 0 Å². The molecule has 21 heavy (non-hydrogen) atoms. The Bertz CT molecular complexity index is 567. The number of nitrogens with one attached hydrogen (secondary N) is 1. The van der Waals surface area contributed by atoms with Gasteiger partial charge in [0.25, 0.3) is 0 Å². The van der Waals surface area contributed by atoms with Crippen LogP contribution in [0.5, 0.6) is 5.75 Å². The Balaban J connectivity index is 1.65. The minimum atomic E-state index is 0.112. The Labute approximate surface area is 125 Å². The van der Waals surface area contributed by atoms with Crippen LogP contribution in [0.4, 0.5) is 5.69 Å². The summed E-state index contributed by atoms with van der Waals surface area (Å²) in [5.41, 5.74) is 1.98. The van der Waals surface area contributed by atoms with Crippen LogP contribution in [0, 0.1) is 0 Å². The molecule has 0 amide bonds. The normalized spacial score (nSPS) is 16.6. The molecule has 4 heteroatoms. The van der Waals surface area contributed by atoms with Crippen LogP contribution in [0.15, 0.2) is 42.9 Å². The number of anilines is 1. The van der Waals surface area contributed by atoms with E-state index in [2.05, 4.69) is 28.3 Å². The SMILES string of the molecule is CC(Nc1cccc(OC2CCCC2)c1)c1cnccn1. The van der Waals surface area contributed by atoms with Gasteiger partial charge in [-0.2, -0.15) is 0 Å². The minimum Gasteiger partial charge on any atom is -0.490 e. The topological polar surface area (TPSA) is 47.0 Å². The summed E-state index contributed by atoms with van der Waals surface area (Å²) in [6.45, 7) is 2.08. The number of benzene rings is 1. The molecule has 1 fully saturated rings. The van der Waals surface area contributed by atoms with Crippen LogP contribution in [0.1, 0.15) is 44.3 Å². The van der Waals surface area contributed by atoms with Crippen molar-refractivity contribution < 1.29 is 4.74 Å². The molecule has 4 nitrogen and oxygen atoms in total. The number of hydrogen-bond donors (Lipinski definition) is 1. The molecule has 1 aliphatic rings. The van der Waals surface area contributed by atoms with Crippen LogP contribution in [-0.2, 0) is 0 Å². The number of hydrogen-bond acceptors (Lipinski definition) is 4. The zero-order valence-electron chi connectivity index (χ0n) is 12.3. The smallest absolute Gasteiger partial charge is 0.121 e. The summed E-state index contributed by atoms with van der Waals surface area (Å²) in [5, 5.41) is 3.44. The molecule has 3 rings (SSSR count). The Kier molecular flexibility index (Phi) is 4.34. The van der Waals surface area contributed by atoms with Crippen LogP contribution in [0.2, 0.25) is 0 Å². The highest BCUT2D eigenvalue weighted by Gasteiger charge is 2.16. The second-order valence-electron chi connectivity index (χ2n) is 5.55. The fourth-order valence-corrected chi connectivity index (χ4v) is 2.72. The summed E-state index contributed by atoms with van der Waals surface area (Å²) in [6.07, 6.45) is 10.5. The highest BCUT2D eigenvalue weighted by molar-refractivity contribution is 5.49. The highest BCUT2D eigenvalue weighted by atomic mass is 16.5. The van der Waals surface area contributed by atoms with Gasteiger partial charge < -0.3 is 10.1 Å². The molecule has 1 aliphatic carbocycles. The number of rotatable bonds is 5. The van der Waals surface area contributed by atoms with E-state index in [0.717, 1.165) is 17.1 Å². The predicted octanol–water partition coefficient (Wildman–Crippen LogP) is 3.97. The molecule has 0 bridgehead atoms. The van der Waals surface area contributed by atoms with Gasteiger partial charge in [0.05, 0.1) is 24.0 Å². The van der Waals surface area contributed by atoms with Crippen molar-refractivity contribution in [1.82, 2.24) is 9.97 Å². The lowest BCUT2D eigenvalue weighted by atomic mass is 10.2. The molecule has 1 saturated carbocycles. The van der Waals surface area contributed by atoms with E-state index in [1.54, 1.807) is 18.6 Å². The van der Waals surface area contributed by atoms with Gasteiger partial charge in [-0.3, -0.25) is 9.97 Å². The lowest BCUT2D eigenvalue weighted by Gasteiger charge is -2.17. The molecule has 0 radical (unpaired) electrons. The molecular formula is C17H21N3O. The molecule has 0 saturated heterocycles. The van der Waals surface area contributed by atoms with Crippen LogP contribution in [0.25, 0.3) is 0 Å². The van der Waals surface area contributed by atoms with Gasteiger partial charge in [0.1, 0.15) is 5.75 Å². The highest BCUT2D eigenvalue weighted by Crippen LogP contribution is 2.27. The standard InChI is InChI=1S/C17H21N3O/c1-13(17-12-18-9-10-19-17)20-14-5-4-8-16(11-14)21-15-6-2-3-7-15/h4-5,8-13,15,20H,2-3,6-7H2,1H3. The average Bonchev–Trinajstić information content (AvgIpc) is 3.01. The molecule has 1 aromatic heterocycles. The van der Waals surface area contributed by atoms with Crippen LogP contribution >= 0.6 is 0 Å². The summed E-state index contributed by atoms with van der Waals surface area (Å²) < 4.78 is 6.04. The first-order valence-electron chi connectivity index (χ1n) is 7.60. The van der Waals surface area contributed by atoms with Crippen molar-refractivity contribution in [1.29, 1.82) is 0 Å². The number of nitrogens with zero attached hydrogens (tertiary/aromatic N) is 2. The minimum absolute atomic E-state index is 0.112. The van der Waals surface area contributed by atoms with Gasteiger partial charge in [-0.25, -0.2) is 0 Å². The van der Waals surface area contributed by atoms with Gasteiger partial charge in [0, 0.05) is 24.1 Å². The second kappa shape index (κ2) is 6.57. The molecule has 110 valence electrons. The number of aromatic nitrogens is 2. The van der Waals surface area contributed by atoms with E-state index in [4.69, 9.17) is 4.74 Å². The fraction of sp³-hybridized carbons (Fsp3) is 0.412. The van der Waals surface area contributed by atoms with Gasteiger partial charge in [-0.1, -0.05) is 6.07 Å². The van der Waals surface area contributed by atoms with Gasteiger partial charge in [0.15, 0.2) is 0 Å². The van der Waals surface area contributed by atoms with E-state index >= 15 is 0 Å². The van der Waals surface area contributed by atoms with Crippen LogP contribution < -0.4 is 10.1 Å². The predicted molar refractivity (Wildman–Crippen MR) is 83.4 cm³/mol. The molecule has 1 heterocycles.